The lowest BCUT2D eigenvalue weighted by Crippen LogP contribution is -2.07. The predicted octanol–water partition coefficient (Wildman–Crippen LogP) is 1.75. The van der Waals surface area contributed by atoms with Gasteiger partial charge in [0.05, 0.1) is 5.69 Å². The van der Waals surface area contributed by atoms with Gasteiger partial charge in [-0.1, -0.05) is 0 Å². The number of hydrogen-bond acceptors (Lipinski definition) is 3. The molecule has 0 saturated carbocycles. The Hall–Kier alpha value is -2.17. The van der Waals surface area contributed by atoms with Crippen molar-refractivity contribution >= 4 is 11.7 Å². The molecule has 0 atom stereocenters. The predicted molar refractivity (Wildman–Crippen MR) is 65.5 cm³/mol. The standard InChI is InChI=1S/C12H14N4O/c1-8-11(7-16(3)15-8)10-4-5-13-12(6-10)14-9(2)17/h4-7H,1-3H3,(H,13,14,17). The van der Waals surface area contributed by atoms with E-state index in [1.54, 1.807) is 10.9 Å². The summed E-state index contributed by atoms with van der Waals surface area (Å²) in [4.78, 5) is 15.0. The normalized spacial score (nSPS) is 10.3. The number of amides is 1. The van der Waals surface area contributed by atoms with Gasteiger partial charge in [0.1, 0.15) is 5.82 Å². The Morgan fingerprint density at radius 3 is 2.82 bits per heavy atom. The van der Waals surface area contributed by atoms with E-state index in [2.05, 4.69) is 15.4 Å². The number of nitrogens with zero attached hydrogens (tertiary/aromatic N) is 3. The van der Waals surface area contributed by atoms with Crippen LogP contribution in [0.1, 0.15) is 12.6 Å². The van der Waals surface area contributed by atoms with Crippen LogP contribution in [0.15, 0.2) is 24.5 Å². The SMILES string of the molecule is CC(=O)Nc1cc(-c2cn(C)nc2C)ccn1. The molecule has 0 aliphatic carbocycles. The molecule has 2 heterocycles. The minimum atomic E-state index is -0.127. The fourth-order valence-electron chi connectivity index (χ4n) is 1.73. The Labute approximate surface area is 99.5 Å². The Balaban J connectivity index is 2.39. The largest absolute Gasteiger partial charge is 0.311 e. The van der Waals surface area contributed by atoms with E-state index in [1.165, 1.54) is 6.92 Å². The second kappa shape index (κ2) is 4.37. The van der Waals surface area contributed by atoms with Gasteiger partial charge in [-0.05, 0) is 24.6 Å². The van der Waals surface area contributed by atoms with E-state index in [-0.39, 0.29) is 5.91 Å². The smallest absolute Gasteiger partial charge is 0.222 e. The van der Waals surface area contributed by atoms with Crippen molar-refractivity contribution in [1.82, 2.24) is 14.8 Å². The first-order valence-corrected chi connectivity index (χ1v) is 5.30. The van der Waals surface area contributed by atoms with Crippen molar-refractivity contribution in [2.24, 2.45) is 7.05 Å². The summed E-state index contributed by atoms with van der Waals surface area (Å²) < 4.78 is 1.77. The Bertz CT molecular complexity index is 559. The van der Waals surface area contributed by atoms with Crippen molar-refractivity contribution in [3.8, 4) is 11.1 Å². The summed E-state index contributed by atoms with van der Waals surface area (Å²) in [5, 5.41) is 6.95. The topological polar surface area (TPSA) is 59.8 Å². The molecule has 0 radical (unpaired) electrons. The minimum absolute atomic E-state index is 0.127. The summed E-state index contributed by atoms with van der Waals surface area (Å²) in [5.41, 5.74) is 2.99. The van der Waals surface area contributed by atoms with E-state index >= 15 is 0 Å². The van der Waals surface area contributed by atoms with Crippen molar-refractivity contribution < 1.29 is 4.79 Å². The summed E-state index contributed by atoms with van der Waals surface area (Å²) >= 11 is 0. The van der Waals surface area contributed by atoms with Crippen molar-refractivity contribution in [3.63, 3.8) is 0 Å². The lowest BCUT2D eigenvalue weighted by Gasteiger charge is -2.03. The monoisotopic (exact) mass is 230 g/mol. The average Bonchev–Trinajstić information content (AvgIpc) is 2.57. The van der Waals surface area contributed by atoms with Gasteiger partial charge in [-0.2, -0.15) is 5.10 Å². The first-order chi connectivity index (χ1) is 8.06. The molecule has 0 fully saturated rings. The van der Waals surface area contributed by atoms with Gasteiger partial charge in [0, 0.05) is 31.9 Å². The summed E-state index contributed by atoms with van der Waals surface area (Å²) in [6.45, 7) is 3.41. The van der Waals surface area contributed by atoms with Gasteiger partial charge < -0.3 is 5.32 Å². The molecule has 5 nitrogen and oxygen atoms in total. The third-order valence-corrected chi connectivity index (χ3v) is 2.39. The Kier molecular flexibility index (Phi) is 2.91. The molecule has 1 N–H and O–H groups in total. The van der Waals surface area contributed by atoms with Crippen molar-refractivity contribution in [3.05, 3.63) is 30.2 Å². The van der Waals surface area contributed by atoms with Crippen LogP contribution < -0.4 is 5.32 Å². The van der Waals surface area contributed by atoms with E-state index in [1.807, 2.05) is 32.3 Å². The maximum atomic E-state index is 11.0. The number of pyridine rings is 1. The molecule has 0 unspecified atom stereocenters. The molecule has 5 heteroatoms. The molecule has 2 aromatic heterocycles. The molecule has 0 spiro atoms. The molecule has 2 rings (SSSR count). The number of hydrogen-bond donors (Lipinski definition) is 1. The van der Waals surface area contributed by atoms with E-state index < -0.39 is 0 Å². The first-order valence-electron chi connectivity index (χ1n) is 5.30. The highest BCUT2D eigenvalue weighted by Gasteiger charge is 2.07. The molecule has 1 amide bonds. The number of anilines is 1. The molecule has 0 aromatic carbocycles. The van der Waals surface area contributed by atoms with E-state index in [0.29, 0.717) is 5.82 Å². The molecule has 0 aliphatic rings. The maximum absolute atomic E-state index is 11.0. The number of carbonyl (C=O) groups excluding carboxylic acids is 1. The molecule has 0 saturated heterocycles. The van der Waals surface area contributed by atoms with Gasteiger partial charge >= 0.3 is 0 Å². The van der Waals surface area contributed by atoms with Crippen LogP contribution in [0.2, 0.25) is 0 Å². The summed E-state index contributed by atoms with van der Waals surface area (Å²) in [5.74, 6) is 0.427. The van der Waals surface area contributed by atoms with Crippen molar-refractivity contribution in [1.29, 1.82) is 0 Å². The third-order valence-electron chi connectivity index (χ3n) is 2.39. The van der Waals surface area contributed by atoms with E-state index in [9.17, 15) is 4.79 Å². The highest BCUT2D eigenvalue weighted by Crippen LogP contribution is 2.23. The lowest BCUT2D eigenvalue weighted by atomic mass is 10.1. The highest BCUT2D eigenvalue weighted by atomic mass is 16.1. The zero-order valence-corrected chi connectivity index (χ0v) is 10.1. The van der Waals surface area contributed by atoms with Crippen LogP contribution in [-0.4, -0.2) is 20.7 Å². The van der Waals surface area contributed by atoms with Gasteiger partial charge in [-0.25, -0.2) is 4.98 Å². The Morgan fingerprint density at radius 2 is 2.24 bits per heavy atom. The van der Waals surface area contributed by atoms with Crippen molar-refractivity contribution in [2.45, 2.75) is 13.8 Å². The fourth-order valence-corrected chi connectivity index (χ4v) is 1.73. The van der Waals surface area contributed by atoms with Gasteiger partial charge in [0.25, 0.3) is 0 Å². The van der Waals surface area contributed by atoms with Crippen LogP contribution in [0.25, 0.3) is 11.1 Å². The van der Waals surface area contributed by atoms with Gasteiger partial charge in [0.15, 0.2) is 0 Å². The zero-order chi connectivity index (χ0) is 12.4. The van der Waals surface area contributed by atoms with Crippen LogP contribution in [0.4, 0.5) is 5.82 Å². The maximum Gasteiger partial charge on any atom is 0.222 e. The highest BCUT2D eigenvalue weighted by molar-refractivity contribution is 5.88. The Morgan fingerprint density at radius 1 is 1.47 bits per heavy atom. The zero-order valence-electron chi connectivity index (χ0n) is 10.1. The van der Waals surface area contributed by atoms with Gasteiger partial charge in [0.2, 0.25) is 5.91 Å². The molecular weight excluding hydrogens is 216 g/mol. The fraction of sp³-hybridized carbons (Fsp3) is 0.250. The number of carbonyl (C=O) groups is 1. The molecular formula is C12H14N4O. The quantitative estimate of drug-likeness (QED) is 0.855. The second-order valence-electron chi connectivity index (χ2n) is 3.91. The lowest BCUT2D eigenvalue weighted by molar-refractivity contribution is -0.114. The first kappa shape index (κ1) is 11.3. The van der Waals surface area contributed by atoms with Crippen molar-refractivity contribution in [2.75, 3.05) is 5.32 Å². The average molecular weight is 230 g/mol. The van der Waals surface area contributed by atoms with Crippen LogP contribution in [0.3, 0.4) is 0 Å². The minimum Gasteiger partial charge on any atom is -0.311 e. The molecule has 17 heavy (non-hydrogen) atoms. The van der Waals surface area contributed by atoms with Gasteiger partial charge in [-0.3, -0.25) is 9.48 Å². The van der Waals surface area contributed by atoms with Crippen LogP contribution in [0, 0.1) is 6.92 Å². The molecule has 0 bridgehead atoms. The second-order valence-corrected chi connectivity index (χ2v) is 3.91. The number of aromatic nitrogens is 3. The van der Waals surface area contributed by atoms with Crippen LogP contribution in [0.5, 0.6) is 0 Å². The van der Waals surface area contributed by atoms with E-state index in [0.717, 1.165) is 16.8 Å². The molecule has 88 valence electrons. The summed E-state index contributed by atoms with van der Waals surface area (Å²) in [6, 6.07) is 3.74. The van der Waals surface area contributed by atoms with E-state index in [4.69, 9.17) is 0 Å². The van der Waals surface area contributed by atoms with Crippen LogP contribution in [-0.2, 0) is 11.8 Å². The summed E-state index contributed by atoms with van der Waals surface area (Å²) in [7, 11) is 1.88. The molecule has 0 aliphatic heterocycles. The van der Waals surface area contributed by atoms with Gasteiger partial charge in [-0.15, -0.1) is 0 Å². The number of rotatable bonds is 2. The number of aryl methyl sites for hydroxylation is 2. The summed E-state index contributed by atoms with van der Waals surface area (Å²) in [6.07, 6.45) is 3.62. The van der Waals surface area contributed by atoms with Crippen LogP contribution >= 0.6 is 0 Å². The molecule has 2 aromatic rings. The third kappa shape index (κ3) is 2.50. The number of nitrogens with one attached hydrogen (secondary N) is 1.